The average molecular weight is 286 g/mol. The van der Waals surface area contributed by atoms with Crippen LogP contribution in [0.2, 0.25) is 0 Å². The Morgan fingerprint density at radius 3 is 1.74 bits per heavy atom. The Morgan fingerprint density at radius 1 is 0.895 bits per heavy atom. The molecule has 1 aromatic rings. The van der Waals surface area contributed by atoms with Gasteiger partial charge in [0.15, 0.2) is 23.3 Å². The Morgan fingerprint density at radius 2 is 1.32 bits per heavy atom. The van der Waals surface area contributed by atoms with E-state index in [-0.39, 0.29) is 0 Å². The summed E-state index contributed by atoms with van der Waals surface area (Å²) in [6, 6.07) is 0. The number of alkyl halides is 2. The van der Waals surface area contributed by atoms with Gasteiger partial charge in [-0.3, -0.25) is 0 Å². The SMILES string of the molecule is CC#CCOC(F)(F)c1c(F)c(F)c(F)c(F)c1F. The van der Waals surface area contributed by atoms with Crippen molar-refractivity contribution in [1.29, 1.82) is 0 Å². The third-order valence-electron chi connectivity index (χ3n) is 2.00. The molecule has 19 heavy (non-hydrogen) atoms. The molecule has 1 aromatic carbocycles. The topological polar surface area (TPSA) is 9.23 Å². The van der Waals surface area contributed by atoms with Crippen molar-refractivity contribution in [3.63, 3.8) is 0 Å². The first-order valence-corrected chi connectivity index (χ1v) is 4.67. The van der Waals surface area contributed by atoms with Crippen LogP contribution < -0.4 is 0 Å². The maximum atomic E-state index is 13.3. The molecule has 0 spiro atoms. The van der Waals surface area contributed by atoms with Gasteiger partial charge in [0.1, 0.15) is 12.2 Å². The van der Waals surface area contributed by atoms with E-state index >= 15 is 0 Å². The molecule has 0 radical (unpaired) electrons. The van der Waals surface area contributed by atoms with E-state index in [1.54, 1.807) is 0 Å². The van der Waals surface area contributed by atoms with Crippen molar-refractivity contribution in [2.75, 3.05) is 6.61 Å². The zero-order valence-electron chi connectivity index (χ0n) is 9.26. The maximum Gasteiger partial charge on any atom is 0.390 e. The molecule has 0 atom stereocenters. The van der Waals surface area contributed by atoms with E-state index in [4.69, 9.17) is 0 Å². The van der Waals surface area contributed by atoms with Gasteiger partial charge in [-0.1, -0.05) is 5.92 Å². The molecular formula is C11H5F7O. The summed E-state index contributed by atoms with van der Waals surface area (Å²) in [4.78, 5) is 0. The Bertz CT molecular complexity index is 527. The van der Waals surface area contributed by atoms with Crippen molar-refractivity contribution in [1.82, 2.24) is 0 Å². The van der Waals surface area contributed by atoms with E-state index in [1.165, 1.54) is 6.92 Å². The Hall–Kier alpha value is -1.75. The number of ether oxygens (including phenoxy) is 1. The molecule has 8 heteroatoms. The van der Waals surface area contributed by atoms with Gasteiger partial charge in [0.05, 0.1) is 0 Å². The second kappa shape index (κ2) is 5.48. The lowest BCUT2D eigenvalue weighted by Gasteiger charge is -2.17. The summed E-state index contributed by atoms with van der Waals surface area (Å²) in [5.41, 5.74) is -2.35. The van der Waals surface area contributed by atoms with Gasteiger partial charge in [-0.15, -0.1) is 5.92 Å². The van der Waals surface area contributed by atoms with Crippen molar-refractivity contribution in [3.05, 3.63) is 34.6 Å². The minimum Gasteiger partial charge on any atom is -0.303 e. The average Bonchev–Trinajstić information content (AvgIpc) is 2.34. The summed E-state index contributed by atoms with van der Waals surface area (Å²) < 4.78 is 94.6. The molecule has 104 valence electrons. The van der Waals surface area contributed by atoms with Gasteiger partial charge in [-0.05, 0) is 6.92 Å². The van der Waals surface area contributed by atoms with E-state index < -0.39 is 47.4 Å². The summed E-state index contributed by atoms with van der Waals surface area (Å²) in [6.07, 6.45) is -4.70. The molecule has 0 aliphatic heterocycles. The highest BCUT2D eigenvalue weighted by Crippen LogP contribution is 2.36. The standard InChI is InChI=1S/C11H5F7O/c1-2-3-4-19-11(17,18)5-6(12)8(14)10(16)9(15)7(5)13/h4H2,1H3. The molecule has 0 saturated carbocycles. The summed E-state index contributed by atoms with van der Waals surface area (Å²) in [5.74, 6) is -8.62. The van der Waals surface area contributed by atoms with Crippen LogP contribution >= 0.6 is 0 Å². The number of rotatable bonds is 3. The van der Waals surface area contributed by atoms with Crippen LogP contribution in [0.4, 0.5) is 30.7 Å². The third kappa shape index (κ3) is 2.81. The van der Waals surface area contributed by atoms with Gasteiger partial charge in [-0.2, -0.15) is 8.78 Å². The molecule has 0 N–H and O–H groups in total. The van der Waals surface area contributed by atoms with E-state index in [0.29, 0.717) is 0 Å². The number of hydrogen-bond donors (Lipinski definition) is 0. The molecule has 0 bridgehead atoms. The Labute approximate surface area is 103 Å². The predicted octanol–water partition coefficient (Wildman–Crippen LogP) is 3.47. The highest BCUT2D eigenvalue weighted by molar-refractivity contribution is 5.26. The number of hydrogen-bond acceptors (Lipinski definition) is 1. The van der Waals surface area contributed by atoms with Crippen molar-refractivity contribution in [2.24, 2.45) is 0 Å². The fourth-order valence-corrected chi connectivity index (χ4v) is 1.13. The lowest BCUT2D eigenvalue weighted by Crippen LogP contribution is -2.24. The van der Waals surface area contributed by atoms with Gasteiger partial charge < -0.3 is 4.74 Å². The quantitative estimate of drug-likeness (QED) is 0.358. The van der Waals surface area contributed by atoms with Gasteiger partial charge >= 0.3 is 6.11 Å². The third-order valence-corrected chi connectivity index (χ3v) is 2.00. The lowest BCUT2D eigenvalue weighted by molar-refractivity contribution is -0.244. The van der Waals surface area contributed by atoms with Crippen molar-refractivity contribution >= 4 is 0 Å². The summed E-state index contributed by atoms with van der Waals surface area (Å²) in [7, 11) is 0. The van der Waals surface area contributed by atoms with Crippen LogP contribution in [0.5, 0.6) is 0 Å². The van der Waals surface area contributed by atoms with Crippen LogP contribution in [-0.4, -0.2) is 6.61 Å². The summed E-state index contributed by atoms with van der Waals surface area (Å²) in [5, 5.41) is 0. The molecule has 0 unspecified atom stereocenters. The highest BCUT2D eigenvalue weighted by atomic mass is 19.3. The van der Waals surface area contributed by atoms with Crippen molar-refractivity contribution < 1.29 is 35.5 Å². The zero-order chi connectivity index (χ0) is 14.8. The van der Waals surface area contributed by atoms with Crippen LogP contribution in [0.25, 0.3) is 0 Å². The second-order valence-corrected chi connectivity index (χ2v) is 3.18. The fourth-order valence-electron chi connectivity index (χ4n) is 1.13. The molecular weight excluding hydrogens is 281 g/mol. The smallest absolute Gasteiger partial charge is 0.303 e. The molecule has 0 aliphatic carbocycles. The van der Waals surface area contributed by atoms with Crippen LogP contribution in [0, 0.1) is 40.9 Å². The largest absolute Gasteiger partial charge is 0.390 e. The van der Waals surface area contributed by atoms with Crippen molar-refractivity contribution in [2.45, 2.75) is 13.0 Å². The minimum atomic E-state index is -4.70. The predicted molar refractivity (Wildman–Crippen MR) is 49.5 cm³/mol. The molecule has 1 rings (SSSR count). The lowest BCUT2D eigenvalue weighted by atomic mass is 10.1. The van der Waals surface area contributed by atoms with E-state index in [2.05, 4.69) is 10.7 Å². The van der Waals surface area contributed by atoms with Gasteiger partial charge in [-0.25, -0.2) is 22.0 Å². The first-order valence-electron chi connectivity index (χ1n) is 4.67. The Balaban J connectivity index is 3.36. The molecule has 0 heterocycles. The van der Waals surface area contributed by atoms with Gasteiger partial charge in [0.2, 0.25) is 5.82 Å². The first kappa shape index (κ1) is 15.3. The molecule has 0 saturated heterocycles. The molecule has 0 aliphatic rings. The summed E-state index contributed by atoms with van der Waals surface area (Å²) in [6.45, 7) is 0.336. The maximum absolute atomic E-state index is 13.3. The molecule has 0 fully saturated rings. The van der Waals surface area contributed by atoms with Gasteiger partial charge in [0, 0.05) is 0 Å². The highest BCUT2D eigenvalue weighted by Gasteiger charge is 2.43. The van der Waals surface area contributed by atoms with Crippen molar-refractivity contribution in [3.8, 4) is 11.8 Å². The van der Waals surface area contributed by atoms with E-state index in [0.717, 1.165) is 0 Å². The normalized spacial score (nSPS) is 11.2. The van der Waals surface area contributed by atoms with Crippen LogP contribution in [0.3, 0.4) is 0 Å². The first-order chi connectivity index (χ1) is 8.74. The zero-order valence-corrected chi connectivity index (χ0v) is 9.26. The Kier molecular flexibility index (Phi) is 4.42. The summed E-state index contributed by atoms with van der Waals surface area (Å²) >= 11 is 0. The van der Waals surface area contributed by atoms with E-state index in [9.17, 15) is 30.7 Å². The van der Waals surface area contributed by atoms with Crippen LogP contribution in [0.15, 0.2) is 0 Å². The molecule has 0 amide bonds. The number of benzene rings is 1. The van der Waals surface area contributed by atoms with Gasteiger partial charge in [0.25, 0.3) is 0 Å². The monoisotopic (exact) mass is 286 g/mol. The fraction of sp³-hybridized carbons (Fsp3) is 0.273. The number of halogens is 7. The van der Waals surface area contributed by atoms with Crippen LogP contribution in [0.1, 0.15) is 12.5 Å². The second-order valence-electron chi connectivity index (χ2n) is 3.18. The molecule has 1 nitrogen and oxygen atoms in total. The van der Waals surface area contributed by atoms with E-state index in [1.807, 2.05) is 5.92 Å². The van der Waals surface area contributed by atoms with Crippen LogP contribution in [-0.2, 0) is 10.8 Å². The minimum absolute atomic E-state index is 0.941. The molecule has 0 aromatic heterocycles.